The van der Waals surface area contributed by atoms with Gasteiger partial charge in [-0.25, -0.2) is 0 Å². The van der Waals surface area contributed by atoms with Crippen LogP contribution in [0, 0.1) is 11.3 Å². The lowest BCUT2D eigenvalue weighted by Crippen LogP contribution is -1.95. The van der Waals surface area contributed by atoms with Crippen molar-refractivity contribution in [2.75, 3.05) is 19.5 Å². The van der Waals surface area contributed by atoms with Crippen LogP contribution in [0.4, 0.5) is 11.4 Å². The first kappa shape index (κ1) is 12.8. The molecule has 2 rings (SSSR count). The summed E-state index contributed by atoms with van der Waals surface area (Å²) < 4.78 is 10.4. The molecule has 1 N–H and O–H groups in total. The summed E-state index contributed by atoms with van der Waals surface area (Å²) in [7, 11) is 3.18. The van der Waals surface area contributed by atoms with Crippen LogP contribution in [0.25, 0.3) is 0 Å². The second kappa shape index (κ2) is 5.78. The lowest BCUT2D eigenvalue weighted by molar-refractivity contribution is 0.355. The summed E-state index contributed by atoms with van der Waals surface area (Å²) in [5, 5.41) is 12.2. The predicted molar refractivity (Wildman–Crippen MR) is 74.0 cm³/mol. The fourth-order valence-electron chi connectivity index (χ4n) is 1.76. The van der Waals surface area contributed by atoms with E-state index >= 15 is 0 Å². The van der Waals surface area contributed by atoms with Gasteiger partial charge in [-0.1, -0.05) is 12.1 Å². The lowest BCUT2D eigenvalue weighted by atomic mass is 10.2. The maximum absolute atomic E-state index is 9.04. The fraction of sp³-hybridized carbons (Fsp3) is 0.133. The average Bonchev–Trinajstić information content (AvgIpc) is 2.47. The van der Waals surface area contributed by atoms with E-state index < -0.39 is 0 Å². The summed E-state index contributed by atoms with van der Waals surface area (Å²) in [6, 6.07) is 15.0. The summed E-state index contributed by atoms with van der Waals surface area (Å²) in [6.45, 7) is 0. The van der Waals surface area contributed by atoms with E-state index in [0.717, 1.165) is 11.4 Å². The molecule has 0 aromatic heterocycles. The standard InChI is InChI=1S/C15H14N2O2/c1-18-14-8-7-12(9-15(14)19-2)17-13-6-4-3-5-11(13)10-16/h3-9,17H,1-2H3. The van der Waals surface area contributed by atoms with Crippen molar-refractivity contribution in [3.05, 3.63) is 48.0 Å². The first-order valence-electron chi connectivity index (χ1n) is 5.76. The number of nitrogens with zero attached hydrogens (tertiary/aromatic N) is 1. The third kappa shape index (κ3) is 2.78. The van der Waals surface area contributed by atoms with Crippen molar-refractivity contribution < 1.29 is 9.47 Å². The van der Waals surface area contributed by atoms with Gasteiger partial charge in [0.1, 0.15) is 6.07 Å². The van der Waals surface area contributed by atoms with Gasteiger partial charge in [0.15, 0.2) is 11.5 Å². The van der Waals surface area contributed by atoms with E-state index in [2.05, 4.69) is 11.4 Å². The van der Waals surface area contributed by atoms with Gasteiger partial charge >= 0.3 is 0 Å². The zero-order valence-electron chi connectivity index (χ0n) is 10.8. The van der Waals surface area contributed by atoms with Gasteiger partial charge in [0.25, 0.3) is 0 Å². The number of methoxy groups -OCH3 is 2. The van der Waals surface area contributed by atoms with Gasteiger partial charge < -0.3 is 14.8 Å². The van der Waals surface area contributed by atoms with Crippen LogP contribution in [-0.2, 0) is 0 Å². The number of hydrogen-bond acceptors (Lipinski definition) is 4. The zero-order valence-corrected chi connectivity index (χ0v) is 10.8. The minimum atomic E-state index is 0.595. The molecule has 0 fully saturated rings. The second-order valence-electron chi connectivity index (χ2n) is 3.85. The summed E-state index contributed by atoms with van der Waals surface area (Å²) in [4.78, 5) is 0. The average molecular weight is 254 g/mol. The molecule has 2 aromatic carbocycles. The molecular formula is C15H14N2O2. The maximum atomic E-state index is 9.04. The highest BCUT2D eigenvalue weighted by molar-refractivity contribution is 5.68. The molecule has 0 aliphatic heterocycles. The largest absolute Gasteiger partial charge is 0.493 e. The molecule has 0 amide bonds. The van der Waals surface area contributed by atoms with Crippen molar-refractivity contribution in [2.24, 2.45) is 0 Å². The molecule has 0 spiro atoms. The van der Waals surface area contributed by atoms with Crippen LogP contribution in [0.2, 0.25) is 0 Å². The number of anilines is 2. The van der Waals surface area contributed by atoms with Gasteiger partial charge in [0.2, 0.25) is 0 Å². The Labute approximate surface area is 112 Å². The monoisotopic (exact) mass is 254 g/mol. The highest BCUT2D eigenvalue weighted by Crippen LogP contribution is 2.31. The van der Waals surface area contributed by atoms with Crippen molar-refractivity contribution >= 4 is 11.4 Å². The van der Waals surface area contributed by atoms with E-state index in [9.17, 15) is 0 Å². The molecule has 4 nitrogen and oxygen atoms in total. The van der Waals surface area contributed by atoms with Crippen LogP contribution in [0.3, 0.4) is 0 Å². The first-order valence-corrected chi connectivity index (χ1v) is 5.76. The third-order valence-corrected chi connectivity index (χ3v) is 2.71. The van der Waals surface area contributed by atoms with Crippen LogP contribution in [-0.4, -0.2) is 14.2 Å². The van der Waals surface area contributed by atoms with Gasteiger partial charge in [-0.05, 0) is 24.3 Å². The smallest absolute Gasteiger partial charge is 0.162 e. The highest BCUT2D eigenvalue weighted by Gasteiger charge is 2.06. The molecule has 0 saturated heterocycles. The van der Waals surface area contributed by atoms with Crippen molar-refractivity contribution in [1.82, 2.24) is 0 Å². The number of nitriles is 1. The van der Waals surface area contributed by atoms with E-state index in [0.29, 0.717) is 17.1 Å². The normalized spacial score (nSPS) is 9.53. The van der Waals surface area contributed by atoms with E-state index in [4.69, 9.17) is 14.7 Å². The van der Waals surface area contributed by atoms with Gasteiger partial charge in [-0.2, -0.15) is 5.26 Å². The minimum absolute atomic E-state index is 0.595. The van der Waals surface area contributed by atoms with Crippen LogP contribution in [0.5, 0.6) is 11.5 Å². The Hall–Kier alpha value is -2.67. The summed E-state index contributed by atoms with van der Waals surface area (Å²) in [5.74, 6) is 1.31. The van der Waals surface area contributed by atoms with Crippen molar-refractivity contribution in [3.63, 3.8) is 0 Å². The Morgan fingerprint density at radius 1 is 1.00 bits per heavy atom. The maximum Gasteiger partial charge on any atom is 0.162 e. The summed E-state index contributed by atoms with van der Waals surface area (Å²) in [6.07, 6.45) is 0. The Bertz CT molecular complexity index is 618. The first-order chi connectivity index (χ1) is 9.28. The Morgan fingerprint density at radius 3 is 2.42 bits per heavy atom. The number of hydrogen-bond donors (Lipinski definition) is 1. The number of rotatable bonds is 4. The lowest BCUT2D eigenvalue weighted by Gasteiger charge is -2.12. The van der Waals surface area contributed by atoms with E-state index in [-0.39, 0.29) is 0 Å². The Kier molecular flexibility index (Phi) is 3.89. The molecule has 0 heterocycles. The van der Waals surface area contributed by atoms with Crippen LogP contribution < -0.4 is 14.8 Å². The molecule has 0 aliphatic rings. The molecule has 0 saturated carbocycles. The van der Waals surface area contributed by atoms with Crippen molar-refractivity contribution in [1.29, 1.82) is 5.26 Å². The SMILES string of the molecule is COc1ccc(Nc2ccccc2C#N)cc1OC. The van der Waals surface area contributed by atoms with E-state index in [1.165, 1.54) is 0 Å². The fourth-order valence-corrected chi connectivity index (χ4v) is 1.76. The molecule has 0 radical (unpaired) electrons. The van der Waals surface area contributed by atoms with Gasteiger partial charge in [0.05, 0.1) is 25.5 Å². The third-order valence-electron chi connectivity index (χ3n) is 2.71. The van der Waals surface area contributed by atoms with Crippen LogP contribution >= 0.6 is 0 Å². The zero-order chi connectivity index (χ0) is 13.7. The molecule has 0 bridgehead atoms. The van der Waals surface area contributed by atoms with Crippen LogP contribution in [0.1, 0.15) is 5.56 Å². The Morgan fingerprint density at radius 2 is 1.74 bits per heavy atom. The quantitative estimate of drug-likeness (QED) is 0.909. The van der Waals surface area contributed by atoms with Crippen molar-refractivity contribution in [3.8, 4) is 17.6 Å². The van der Waals surface area contributed by atoms with Gasteiger partial charge in [-0.15, -0.1) is 0 Å². The molecule has 0 aliphatic carbocycles. The molecule has 4 heteroatoms. The summed E-state index contributed by atoms with van der Waals surface area (Å²) in [5.41, 5.74) is 2.19. The predicted octanol–water partition coefficient (Wildman–Crippen LogP) is 3.32. The number of benzene rings is 2. The molecule has 0 unspecified atom stereocenters. The molecular weight excluding hydrogens is 240 g/mol. The number of nitrogens with one attached hydrogen (secondary N) is 1. The van der Waals surface area contributed by atoms with Crippen molar-refractivity contribution in [2.45, 2.75) is 0 Å². The van der Waals surface area contributed by atoms with Gasteiger partial charge in [-0.3, -0.25) is 0 Å². The second-order valence-corrected chi connectivity index (χ2v) is 3.85. The molecule has 0 atom stereocenters. The minimum Gasteiger partial charge on any atom is -0.493 e. The molecule has 19 heavy (non-hydrogen) atoms. The van der Waals surface area contributed by atoms with E-state index in [1.54, 1.807) is 20.3 Å². The topological polar surface area (TPSA) is 54.3 Å². The Balaban J connectivity index is 2.31. The van der Waals surface area contributed by atoms with Crippen LogP contribution in [0.15, 0.2) is 42.5 Å². The van der Waals surface area contributed by atoms with E-state index in [1.807, 2.05) is 36.4 Å². The molecule has 96 valence electrons. The number of ether oxygens (including phenoxy) is 2. The van der Waals surface area contributed by atoms with Gasteiger partial charge in [0, 0.05) is 11.8 Å². The highest BCUT2D eigenvalue weighted by atomic mass is 16.5. The molecule has 2 aromatic rings. The summed E-state index contributed by atoms with van der Waals surface area (Å²) >= 11 is 0. The number of para-hydroxylation sites is 1.